The van der Waals surface area contributed by atoms with E-state index >= 15 is 0 Å². The van der Waals surface area contributed by atoms with Crippen molar-refractivity contribution in [2.75, 3.05) is 26.3 Å². The van der Waals surface area contributed by atoms with Gasteiger partial charge in [0, 0.05) is 25.7 Å². The molecule has 2 fully saturated rings. The Kier molecular flexibility index (Phi) is 4.02. The van der Waals surface area contributed by atoms with Crippen molar-refractivity contribution in [3.8, 4) is 0 Å². The smallest absolute Gasteiger partial charge is 0.200 e. The van der Waals surface area contributed by atoms with Gasteiger partial charge in [-0.1, -0.05) is 0 Å². The number of halogens is 1. The molecular formula is C12H23FN2O2. The Morgan fingerprint density at radius 3 is 2.71 bits per heavy atom. The molecule has 4 nitrogen and oxygen atoms in total. The zero-order valence-corrected chi connectivity index (χ0v) is 10.9. The lowest BCUT2D eigenvalue weighted by Crippen LogP contribution is -2.59. The highest BCUT2D eigenvalue weighted by atomic mass is 19.1. The Labute approximate surface area is 102 Å². The van der Waals surface area contributed by atoms with Crippen molar-refractivity contribution in [1.82, 2.24) is 10.2 Å². The van der Waals surface area contributed by atoms with E-state index in [0.29, 0.717) is 12.5 Å². The Bertz CT molecular complexity index is 251. The summed E-state index contributed by atoms with van der Waals surface area (Å²) in [4.78, 5) is 2.25. The molecule has 100 valence electrons. The largest absolute Gasteiger partial charge is 0.343 e. The van der Waals surface area contributed by atoms with Gasteiger partial charge in [-0.05, 0) is 27.2 Å². The van der Waals surface area contributed by atoms with Gasteiger partial charge in [0.25, 0.3) is 0 Å². The first-order valence-electron chi connectivity index (χ1n) is 6.35. The van der Waals surface area contributed by atoms with Gasteiger partial charge in [-0.2, -0.15) is 0 Å². The van der Waals surface area contributed by atoms with Gasteiger partial charge >= 0.3 is 0 Å². The van der Waals surface area contributed by atoms with Crippen molar-refractivity contribution in [2.45, 2.75) is 51.4 Å². The van der Waals surface area contributed by atoms with Crippen molar-refractivity contribution >= 4 is 0 Å². The normalized spacial score (nSPS) is 30.4. The summed E-state index contributed by atoms with van der Waals surface area (Å²) < 4.78 is 23.0. The van der Waals surface area contributed by atoms with Crippen LogP contribution in [0.3, 0.4) is 0 Å². The summed E-state index contributed by atoms with van der Waals surface area (Å²) in [6, 6.07) is 0.466. The lowest BCUT2D eigenvalue weighted by molar-refractivity contribution is -0.0572. The Hall–Kier alpha value is -0.230. The third kappa shape index (κ3) is 4.17. The van der Waals surface area contributed by atoms with E-state index in [0.717, 1.165) is 19.6 Å². The molecule has 0 aromatic heterocycles. The summed E-state index contributed by atoms with van der Waals surface area (Å²) in [5.74, 6) is 0. The highest BCUT2D eigenvalue weighted by Gasteiger charge is 2.45. The van der Waals surface area contributed by atoms with Crippen molar-refractivity contribution < 1.29 is 13.9 Å². The zero-order valence-electron chi connectivity index (χ0n) is 10.9. The van der Waals surface area contributed by atoms with Gasteiger partial charge < -0.3 is 14.4 Å². The molecule has 2 aliphatic heterocycles. The second-order valence-corrected chi connectivity index (χ2v) is 5.82. The van der Waals surface area contributed by atoms with Crippen LogP contribution in [0.5, 0.6) is 0 Å². The molecule has 2 rings (SSSR count). The van der Waals surface area contributed by atoms with E-state index in [9.17, 15) is 4.39 Å². The SMILES string of the molecule is CC(C)(C)OC1OC1NC1CN(CCCF)C1. The van der Waals surface area contributed by atoms with Crippen LogP contribution in [-0.2, 0) is 9.47 Å². The molecule has 0 radical (unpaired) electrons. The monoisotopic (exact) mass is 246 g/mol. The first-order valence-corrected chi connectivity index (χ1v) is 6.35. The Morgan fingerprint density at radius 1 is 1.41 bits per heavy atom. The Balaban J connectivity index is 1.54. The van der Waals surface area contributed by atoms with E-state index < -0.39 is 0 Å². The van der Waals surface area contributed by atoms with Crippen LogP contribution in [0.15, 0.2) is 0 Å². The van der Waals surface area contributed by atoms with Crippen LogP contribution in [0, 0.1) is 0 Å². The molecule has 0 bridgehead atoms. The molecule has 5 heteroatoms. The maximum Gasteiger partial charge on any atom is 0.200 e. The van der Waals surface area contributed by atoms with Crippen LogP contribution in [-0.4, -0.2) is 55.4 Å². The standard InChI is InChI=1S/C12H23FN2O2/c1-12(2,3)17-11-10(16-11)14-9-7-15(8-9)6-4-5-13/h9-11,14H,4-8H2,1-3H3. The molecule has 0 spiro atoms. The number of epoxide rings is 1. The number of hydrogen-bond donors (Lipinski definition) is 1. The van der Waals surface area contributed by atoms with Crippen LogP contribution in [0.1, 0.15) is 27.2 Å². The molecule has 1 N–H and O–H groups in total. The quantitative estimate of drug-likeness (QED) is 0.713. The fourth-order valence-corrected chi connectivity index (χ4v) is 2.03. The lowest BCUT2D eigenvalue weighted by Gasteiger charge is -2.39. The molecule has 0 amide bonds. The minimum atomic E-state index is -0.220. The molecule has 0 aromatic rings. The maximum atomic E-state index is 12.0. The molecule has 2 unspecified atom stereocenters. The first kappa shape index (κ1) is 13.2. The van der Waals surface area contributed by atoms with E-state index in [-0.39, 0.29) is 24.8 Å². The number of ether oxygens (including phenoxy) is 2. The van der Waals surface area contributed by atoms with Crippen LogP contribution < -0.4 is 5.32 Å². The third-order valence-corrected chi connectivity index (χ3v) is 2.89. The molecule has 2 aliphatic rings. The van der Waals surface area contributed by atoms with Crippen LogP contribution in [0.25, 0.3) is 0 Å². The van der Waals surface area contributed by atoms with E-state index in [1.54, 1.807) is 0 Å². The number of nitrogens with zero attached hydrogens (tertiary/aromatic N) is 1. The summed E-state index contributed by atoms with van der Waals surface area (Å²) in [5, 5.41) is 3.39. The van der Waals surface area contributed by atoms with Crippen molar-refractivity contribution in [1.29, 1.82) is 0 Å². The first-order chi connectivity index (χ1) is 7.98. The van der Waals surface area contributed by atoms with Gasteiger partial charge in [-0.25, -0.2) is 0 Å². The topological polar surface area (TPSA) is 37.0 Å². The lowest BCUT2D eigenvalue weighted by atomic mass is 10.1. The molecule has 0 saturated carbocycles. The predicted octanol–water partition coefficient (Wildman–Crippen LogP) is 1.12. The van der Waals surface area contributed by atoms with E-state index in [1.165, 1.54) is 0 Å². The summed E-state index contributed by atoms with van der Waals surface area (Å²) >= 11 is 0. The number of hydrogen-bond acceptors (Lipinski definition) is 4. The summed E-state index contributed by atoms with van der Waals surface area (Å²) in [5.41, 5.74) is -0.159. The highest BCUT2D eigenvalue weighted by Crippen LogP contribution is 2.27. The maximum absolute atomic E-state index is 12.0. The van der Waals surface area contributed by atoms with Gasteiger partial charge in [0.1, 0.15) is 0 Å². The third-order valence-electron chi connectivity index (χ3n) is 2.89. The van der Waals surface area contributed by atoms with Gasteiger partial charge in [0.05, 0.1) is 12.3 Å². The van der Waals surface area contributed by atoms with Gasteiger partial charge in [0.2, 0.25) is 0 Å². The van der Waals surface area contributed by atoms with E-state index in [2.05, 4.69) is 10.2 Å². The fourth-order valence-electron chi connectivity index (χ4n) is 2.03. The number of rotatable bonds is 6. The number of likely N-dealkylation sites (tertiary alicyclic amines) is 1. The summed E-state index contributed by atoms with van der Waals surface area (Å²) in [7, 11) is 0. The van der Waals surface area contributed by atoms with Gasteiger partial charge in [-0.15, -0.1) is 0 Å². The Morgan fingerprint density at radius 2 is 2.12 bits per heavy atom. The second kappa shape index (κ2) is 5.18. The predicted molar refractivity (Wildman–Crippen MR) is 63.5 cm³/mol. The van der Waals surface area contributed by atoms with Crippen molar-refractivity contribution in [3.63, 3.8) is 0 Å². The van der Waals surface area contributed by atoms with E-state index in [1.807, 2.05) is 20.8 Å². The minimum Gasteiger partial charge on any atom is -0.343 e. The zero-order chi connectivity index (χ0) is 12.5. The average Bonchev–Trinajstić information content (AvgIpc) is 2.84. The molecule has 2 saturated heterocycles. The minimum absolute atomic E-state index is 0.0440. The summed E-state index contributed by atoms with van der Waals surface area (Å²) in [6.45, 7) is 8.68. The molecule has 2 atom stereocenters. The molecule has 2 heterocycles. The van der Waals surface area contributed by atoms with Gasteiger partial charge in [-0.3, -0.25) is 9.71 Å². The molecular weight excluding hydrogens is 223 g/mol. The van der Waals surface area contributed by atoms with Crippen molar-refractivity contribution in [3.05, 3.63) is 0 Å². The van der Waals surface area contributed by atoms with Crippen LogP contribution >= 0.6 is 0 Å². The van der Waals surface area contributed by atoms with E-state index in [4.69, 9.17) is 9.47 Å². The van der Waals surface area contributed by atoms with Crippen LogP contribution in [0.4, 0.5) is 4.39 Å². The average molecular weight is 246 g/mol. The summed E-state index contributed by atoms with van der Waals surface area (Å²) in [6.07, 6.45) is 0.583. The van der Waals surface area contributed by atoms with Gasteiger partial charge in [0.15, 0.2) is 12.5 Å². The number of alkyl halides is 1. The molecule has 0 aromatic carbocycles. The molecule has 17 heavy (non-hydrogen) atoms. The fraction of sp³-hybridized carbons (Fsp3) is 1.00. The highest BCUT2D eigenvalue weighted by molar-refractivity contribution is 4.90. The van der Waals surface area contributed by atoms with Crippen LogP contribution in [0.2, 0.25) is 0 Å². The second-order valence-electron chi connectivity index (χ2n) is 5.82. The molecule has 0 aliphatic carbocycles. The number of nitrogens with one attached hydrogen (secondary N) is 1. The van der Waals surface area contributed by atoms with Crippen molar-refractivity contribution in [2.24, 2.45) is 0 Å².